The van der Waals surface area contributed by atoms with E-state index in [0.29, 0.717) is 24.6 Å². The van der Waals surface area contributed by atoms with Gasteiger partial charge < -0.3 is 15.0 Å². The van der Waals surface area contributed by atoms with Crippen LogP contribution >= 0.6 is 21.6 Å². The zero-order valence-corrected chi connectivity index (χ0v) is 16.6. The smallest absolute Gasteiger partial charge is 0.407 e. The van der Waals surface area contributed by atoms with Crippen LogP contribution in [0.15, 0.2) is 0 Å². The lowest BCUT2D eigenvalue weighted by atomic mass is 10.2. The maximum absolute atomic E-state index is 11.7. The Labute approximate surface area is 151 Å². The van der Waals surface area contributed by atoms with Crippen LogP contribution in [0.4, 0.5) is 4.79 Å². The summed E-state index contributed by atoms with van der Waals surface area (Å²) in [5.74, 6) is 1.21. The number of hydrogen-bond donors (Lipinski definition) is 2. The van der Waals surface area contributed by atoms with Gasteiger partial charge >= 0.3 is 6.09 Å². The average molecular weight is 400 g/mol. The predicted molar refractivity (Wildman–Crippen MR) is 97.2 cm³/mol. The molecule has 0 bridgehead atoms. The molecule has 2 amide bonds. The molecule has 1 unspecified atom stereocenters. The molecule has 0 spiro atoms. The van der Waals surface area contributed by atoms with Crippen LogP contribution in [-0.2, 0) is 19.6 Å². The minimum absolute atomic E-state index is 0.0313. The number of carbonyl (C=O) groups is 2. The number of primary sulfonamides is 1. The monoisotopic (exact) mass is 399 g/mol. The number of nitrogens with zero attached hydrogens (tertiary/aromatic N) is 1. The number of likely N-dealkylation sites (tertiary alicyclic amines) is 1. The molecule has 8 nitrogen and oxygen atoms in total. The van der Waals surface area contributed by atoms with Crippen molar-refractivity contribution in [3.05, 3.63) is 0 Å². The molecule has 0 saturated carbocycles. The first-order chi connectivity index (χ1) is 11.0. The largest absolute Gasteiger partial charge is 0.444 e. The van der Waals surface area contributed by atoms with Gasteiger partial charge in [0.1, 0.15) is 10.9 Å². The van der Waals surface area contributed by atoms with Crippen molar-refractivity contribution in [2.24, 2.45) is 5.14 Å². The van der Waals surface area contributed by atoms with Crippen LogP contribution in [-0.4, -0.2) is 67.3 Å². The van der Waals surface area contributed by atoms with Crippen molar-refractivity contribution in [1.29, 1.82) is 0 Å². The summed E-state index contributed by atoms with van der Waals surface area (Å²) in [6.45, 7) is 6.56. The average Bonchev–Trinajstić information content (AvgIpc) is 2.77. The first-order valence-electron chi connectivity index (χ1n) is 7.49. The number of hydrogen-bond acceptors (Lipinski definition) is 7. The molecule has 24 heavy (non-hydrogen) atoms. The first kappa shape index (κ1) is 21.4. The Morgan fingerprint density at radius 3 is 2.54 bits per heavy atom. The molecule has 1 aliphatic heterocycles. The molecule has 140 valence electrons. The van der Waals surface area contributed by atoms with Crippen molar-refractivity contribution in [1.82, 2.24) is 10.2 Å². The van der Waals surface area contributed by atoms with E-state index in [0.717, 1.165) is 0 Å². The van der Waals surface area contributed by atoms with Gasteiger partial charge in [-0.3, -0.25) is 4.79 Å². The van der Waals surface area contributed by atoms with Crippen molar-refractivity contribution in [2.75, 3.05) is 31.1 Å². The molecule has 0 aromatic carbocycles. The molecule has 0 aromatic heterocycles. The second-order valence-corrected chi connectivity index (χ2v) is 10.9. The van der Waals surface area contributed by atoms with Gasteiger partial charge in [-0.15, -0.1) is 0 Å². The van der Waals surface area contributed by atoms with Crippen molar-refractivity contribution >= 4 is 43.6 Å². The van der Waals surface area contributed by atoms with Crippen LogP contribution in [0, 0.1) is 0 Å². The fourth-order valence-corrected chi connectivity index (χ4v) is 4.61. The number of amides is 2. The summed E-state index contributed by atoms with van der Waals surface area (Å²) < 4.78 is 27.6. The Hall–Kier alpha value is -0.650. The van der Waals surface area contributed by atoms with E-state index in [1.54, 1.807) is 42.4 Å². The minimum Gasteiger partial charge on any atom is -0.444 e. The van der Waals surface area contributed by atoms with Crippen LogP contribution in [0.1, 0.15) is 27.2 Å². The van der Waals surface area contributed by atoms with Gasteiger partial charge in [-0.25, -0.2) is 18.4 Å². The molecule has 0 aromatic rings. The Morgan fingerprint density at radius 2 is 2.00 bits per heavy atom. The van der Waals surface area contributed by atoms with Crippen LogP contribution < -0.4 is 10.5 Å². The summed E-state index contributed by atoms with van der Waals surface area (Å²) in [6.07, 6.45) is -0.471. The van der Waals surface area contributed by atoms with Gasteiger partial charge in [0.05, 0.1) is 0 Å². The minimum atomic E-state index is -3.66. The highest BCUT2D eigenvalue weighted by atomic mass is 33.1. The number of nitrogens with two attached hydrogens (primary N) is 1. The highest BCUT2D eigenvalue weighted by molar-refractivity contribution is 8.76. The SMILES string of the molecule is CC(C)(C)OC(=O)NCCSSCCN1CC(S(N)(=O)=O)CC1=O. The van der Waals surface area contributed by atoms with Crippen LogP contribution in [0.3, 0.4) is 0 Å². The lowest BCUT2D eigenvalue weighted by Gasteiger charge is -2.19. The summed E-state index contributed by atoms with van der Waals surface area (Å²) in [5, 5.41) is 6.95. The highest BCUT2D eigenvalue weighted by Crippen LogP contribution is 2.22. The summed E-state index contributed by atoms with van der Waals surface area (Å²) in [7, 11) is -0.524. The normalized spacial score (nSPS) is 18.8. The summed E-state index contributed by atoms with van der Waals surface area (Å²) in [6, 6.07) is 0. The van der Waals surface area contributed by atoms with Crippen molar-refractivity contribution in [3.8, 4) is 0 Å². The Bertz CT molecular complexity index is 548. The lowest BCUT2D eigenvalue weighted by molar-refractivity contribution is -0.127. The highest BCUT2D eigenvalue weighted by Gasteiger charge is 2.35. The molecule has 1 aliphatic rings. The molecule has 0 radical (unpaired) electrons. The zero-order chi connectivity index (χ0) is 18.4. The van der Waals surface area contributed by atoms with Crippen molar-refractivity contribution in [3.63, 3.8) is 0 Å². The second-order valence-electron chi connectivity index (χ2n) is 6.33. The van der Waals surface area contributed by atoms with Gasteiger partial charge in [0.15, 0.2) is 0 Å². The fraction of sp³-hybridized carbons (Fsp3) is 0.846. The van der Waals surface area contributed by atoms with Gasteiger partial charge in [0, 0.05) is 37.6 Å². The molecule has 0 aliphatic carbocycles. The third kappa shape index (κ3) is 8.45. The summed E-state index contributed by atoms with van der Waals surface area (Å²) in [5.41, 5.74) is -0.511. The van der Waals surface area contributed by atoms with Crippen LogP contribution in [0.5, 0.6) is 0 Å². The third-order valence-electron chi connectivity index (χ3n) is 3.03. The Kier molecular flexibility index (Phi) is 8.16. The molecular weight excluding hydrogens is 374 g/mol. The number of nitrogens with one attached hydrogen (secondary N) is 1. The summed E-state index contributed by atoms with van der Waals surface area (Å²) >= 11 is 0. The fourth-order valence-electron chi connectivity index (χ4n) is 1.95. The van der Waals surface area contributed by atoms with E-state index in [1.165, 1.54) is 4.90 Å². The van der Waals surface area contributed by atoms with E-state index in [2.05, 4.69) is 5.32 Å². The van der Waals surface area contributed by atoms with Gasteiger partial charge in [-0.1, -0.05) is 21.6 Å². The number of alkyl carbamates (subject to hydrolysis) is 1. The molecule has 1 rings (SSSR count). The van der Waals surface area contributed by atoms with Crippen molar-refractivity contribution in [2.45, 2.75) is 38.0 Å². The third-order valence-corrected chi connectivity index (χ3v) is 6.66. The lowest BCUT2D eigenvalue weighted by Crippen LogP contribution is -2.33. The molecule has 1 saturated heterocycles. The molecule has 1 heterocycles. The zero-order valence-electron chi connectivity index (χ0n) is 14.1. The van der Waals surface area contributed by atoms with E-state index in [4.69, 9.17) is 9.88 Å². The Morgan fingerprint density at radius 1 is 1.38 bits per heavy atom. The number of rotatable bonds is 8. The molecule has 1 fully saturated rings. The first-order valence-corrected chi connectivity index (χ1v) is 11.6. The topological polar surface area (TPSA) is 119 Å². The number of carbonyl (C=O) groups excluding carboxylic acids is 2. The quantitative estimate of drug-likeness (QED) is 0.457. The van der Waals surface area contributed by atoms with Gasteiger partial charge in [0.2, 0.25) is 15.9 Å². The van der Waals surface area contributed by atoms with Crippen LogP contribution in [0.2, 0.25) is 0 Å². The standard InChI is InChI=1S/C13H25N3O5S3/c1-13(2,3)21-12(18)15-4-6-22-23-7-5-16-9-10(8-11(16)17)24(14,19)20/h10H,4-9H2,1-3H3,(H,15,18)(H2,14,19,20). The number of sulfonamides is 1. The van der Waals surface area contributed by atoms with E-state index < -0.39 is 27.0 Å². The molecule has 3 N–H and O–H groups in total. The maximum atomic E-state index is 11.7. The second kappa shape index (κ2) is 9.16. The van der Waals surface area contributed by atoms with E-state index >= 15 is 0 Å². The van der Waals surface area contributed by atoms with E-state index in [9.17, 15) is 18.0 Å². The van der Waals surface area contributed by atoms with E-state index in [-0.39, 0.29) is 18.9 Å². The van der Waals surface area contributed by atoms with Gasteiger partial charge in [-0.2, -0.15) is 0 Å². The van der Waals surface area contributed by atoms with Crippen LogP contribution in [0.25, 0.3) is 0 Å². The van der Waals surface area contributed by atoms with Gasteiger partial charge in [0.25, 0.3) is 0 Å². The summed E-state index contributed by atoms with van der Waals surface area (Å²) in [4.78, 5) is 24.7. The van der Waals surface area contributed by atoms with Crippen molar-refractivity contribution < 1.29 is 22.7 Å². The maximum Gasteiger partial charge on any atom is 0.407 e. The van der Waals surface area contributed by atoms with Gasteiger partial charge in [-0.05, 0) is 20.8 Å². The predicted octanol–water partition coefficient (Wildman–Crippen LogP) is 0.782. The van der Waals surface area contributed by atoms with E-state index in [1.807, 2.05) is 0 Å². The molecule has 11 heteroatoms. The molecule has 1 atom stereocenters. The Balaban J connectivity index is 2.09. The molecular formula is C13H25N3O5S3. The number of ether oxygens (including phenoxy) is 1.